The molecule has 0 radical (unpaired) electrons. The summed E-state index contributed by atoms with van der Waals surface area (Å²) in [5.74, 6) is 0. The first-order chi connectivity index (χ1) is 13.5. The van der Waals surface area contributed by atoms with E-state index in [0.717, 1.165) is 15.3 Å². The lowest BCUT2D eigenvalue weighted by molar-refractivity contribution is 0.303. The maximum absolute atomic E-state index is 13.4. The molecule has 0 unspecified atom stereocenters. The quantitative estimate of drug-likeness (QED) is 0.537. The van der Waals surface area contributed by atoms with Gasteiger partial charge in [0.25, 0.3) is 11.1 Å². The van der Waals surface area contributed by atoms with Gasteiger partial charge in [0, 0.05) is 19.5 Å². The Morgan fingerprint density at radius 3 is 2.39 bits per heavy atom. The maximum atomic E-state index is 13.4. The van der Waals surface area contributed by atoms with Crippen LogP contribution in [0.3, 0.4) is 0 Å². The molecule has 0 bridgehead atoms. The van der Waals surface area contributed by atoms with Gasteiger partial charge in [-0.3, -0.25) is 18.7 Å². The van der Waals surface area contributed by atoms with E-state index >= 15 is 0 Å². The summed E-state index contributed by atoms with van der Waals surface area (Å²) < 4.78 is 8.99. The first-order valence-electron chi connectivity index (χ1n) is 8.79. The number of ether oxygens (including phenoxy) is 1. The highest BCUT2D eigenvalue weighted by molar-refractivity contribution is 5.90. The van der Waals surface area contributed by atoms with E-state index in [1.54, 1.807) is 13.0 Å². The molecule has 142 valence electrons. The van der Waals surface area contributed by atoms with Crippen molar-refractivity contribution in [2.45, 2.75) is 6.92 Å². The van der Waals surface area contributed by atoms with Crippen molar-refractivity contribution in [3.05, 3.63) is 73.7 Å². The second-order valence-electron chi connectivity index (χ2n) is 6.37. The second kappa shape index (κ2) is 6.49. The van der Waals surface area contributed by atoms with E-state index in [9.17, 15) is 14.4 Å². The predicted molar refractivity (Wildman–Crippen MR) is 106 cm³/mol. The molecule has 0 spiro atoms. The third kappa shape index (κ3) is 2.45. The summed E-state index contributed by atoms with van der Waals surface area (Å²) in [6, 6.07) is 13.1. The number of nitrogens with zero attached hydrogens (tertiary/aromatic N) is 4. The highest BCUT2D eigenvalue weighted by atomic mass is 16.5. The summed E-state index contributed by atoms with van der Waals surface area (Å²) in [5.41, 5.74) is -1.28. The largest absolute Gasteiger partial charge is 0.465 e. The minimum atomic E-state index is -0.687. The summed E-state index contributed by atoms with van der Waals surface area (Å²) in [4.78, 5) is 42.7. The van der Waals surface area contributed by atoms with Gasteiger partial charge in [0.05, 0.1) is 12.3 Å². The molecule has 0 aliphatic rings. The lowest BCUT2D eigenvalue weighted by atomic mass is 10.1. The van der Waals surface area contributed by atoms with Crippen LogP contribution in [0.5, 0.6) is 6.01 Å². The summed E-state index contributed by atoms with van der Waals surface area (Å²) in [5, 5.41) is 1.58. The monoisotopic (exact) mass is 378 g/mol. The average molecular weight is 378 g/mol. The standard InChI is InChI=1S/C20H18N4O4/c1-4-28-19-21-16-15(17(25)23(3)20(27)22(16)2)18(26)24(19)14-11-7-9-12-8-5-6-10-13(12)14/h5-11H,4H2,1-3H3. The number of aryl methyl sites for hydroxylation is 1. The topological polar surface area (TPSA) is 88.1 Å². The molecule has 4 rings (SSSR count). The lowest BCUT2D eigenvalue weighted by Gasteiger charge is -2.16. The SMILES string of the molecule is CCOc1nc2c(c(=O)n1-c1cccc3ccccc13)c(=O)n(C)c(=O)n2C. The number of aromatic nitrogens is 4. The molecule has 0 atom stereocenters. The Hall–Kier alpha value is -3.68. The highest BCUT2D eigenvalue weighted by Gasteiger charge is 2.21. The molecule has 28 heavy (non-hydrogen) atoms. The van der Waals surface area contributed by atoms with Gasteiger partial charge >= 0.3 is 11.7 Å². The summed E-state index contributed by atoms with van der Waals surface area (Å²) in [6.45, 7) is 2.04. The zero-order chi connectivity index (χ0) is 20.0. The van der Waals surface area contributed by atoms with Gasteiger partial charge in [-0.25, -0.2) is 9.36 Å². The normalized spacial score (nSPS) is 11.2. The molecule has 0 aliphatic heterocycles. The Bertz CT molecular complexity index is 1410. The fraction of sp³-hybridized carbons (Fsp3) is 0.200. The zero-order valence-electron chi connectivity index (χ0n) is 15.7. The van der Waals surface area contributed by atoms with Crippen molar-refractivity contribution in [3.63, 3.8) is 0 Å². The Kier molecular flexibility index (Phi) is 4.11. The lowest BCUT2D eigenvalue weighted by Crippen LogP contribution is -2.41. The number of hydrogen-bond acceptors (Lipinski definition) is 5. The van der Waals surface area contributed by atoms with Crippen LogP contribution in [0.15, 0.2) is 56.8 Å². The van der Waals surface area contributed by atoms with Gasteiger partial charge in [0.15, 0.2) is 5.65 Å². The van der Waals surface area contributed by atoms with E-state index in [2.05, 4.69) is 4.98 Å². The van der Waals surface area contributed by atoms with Crippen LogP contribution in [0.4, 0.5) is 0 Å². The second-order valence-corrected chi connectivity index (χ2v) is 6.37. The van der Waals surface area contributed by atoms with E-state index in [0.29, 0.717) is 5.69 Å². The van der Waals surface area contributed by atoms with Gasteiger partial charge in [0.1, 0.15) is 5.39 Å². The van der Waals surface area contributed by atoms with E-state index in [4.69, 9.17) is 4.74 Å². The Labute approximate surface area is 158 Å². The van der Waals surface area contributed by atoms with Gasteiger partial charge in [-0.05, 0) is 18.4 Å². The Morgan fingerprint density at radius 1 is 0.929 bits per heavy atom. The zero-order valence-corrected chi connectivity index (χ0v) is 15.7. The van der Waals surface area contributed by atoms with Gasteiger partial charge < -0.3 is 4.74 Å². The molecule has 2 aromatic carbocycles. The van der Waals surface area contributed by atoms with Crippen molar-refractivity contribution in [2.24, 2.45) is 14.1 Å². The van der Waals surface area contributed by atoms with E-state index in [1.807, 2.05) is 36.4 Å². The fourth-order valence-electron chi connectivity index (χ4n) is 3.33. The first-order valence-corrected chi connectivity index (χ1v) is 8.79. The number of hydrogen-bond donors (Lipinski definition) is 0. The minimum Gasteiger partial charge on any atom is -0.465 e. The van der Waals surface area contributed by atoms with Crippen LogP contribution in [0.1, 0.15) is 6.92 Å². The summed E-state index contributed by atoms with van der Waals surface area (Å²) in [7, 11) is 2.80. The van der Waals surface area contributed by atoms with Gasteiger partial charge in [-0.15, -0.1) is 0 Å². The molecule has 4 aromatic rings. The molecule has 2 aromatic heterocycles. The van der Waals surface area contributed by atoms with Crippen molar-refractivity contribution in [2.75, 3.05) is 6.61 Å². The van der Waals surface area contributed by atoms with Crippen molar-refractivity contribution in [3.8, 4) is 11.7 Å². The molecular weight excluding hydrogens is 360 g/mol. The minimum absolute atomic E-state index is 0.00182. The summed E-state index contributed by atoms with van der Waals surface area (Å²) >= 11 is 0. The van der Waals surface area contributed by atoms with Crippen LogP contribution < -0.4 is 21.5 Å². The average Bonchev–Trinajstić information content (AvgIpc) is 2.70. The number of rotatable bonds is 3. The number of fused-ring (bicyclic) bond motifs is 2. The van der Waals surface area contributed by atoms with Crippen LogP contribution in [0.25, 0.3) is 27.5 Å². The molecule has 0 saturated heterocycles. The van der Waals surface area contributed by atoms with Crippen molar-refractivity contribution in [1.82, 2.24) is 18.7 Å². The van der Waals surface area contributed by atoms with Crippen LogP contribution in [0.2, 0.25) is 0 Å². The molecule has 8 nitrogen and oxygen atoms in total. The fourth-order valence-corrected chi connectivity index (χ4v) is 3.33. The molecule has 0 aliphatic carbocycles. The van der Waals surface area contributed by atoms with E-state index in [1.165, 1.54) is 23.2 Å². The van der Waals surface area contributed by atoms with Crippen molar-refractivity contribution in [1.29, 1.82) is 0 Å². The third-order valence-electron chi connectivity index (χ3n) is 4.72. The molecule has 8 heteroatoms. The smallest absolute Gasteiger partial charge is 0.332 e. The Balaban J connectivity index is 2.24. The molecule has 0 fully saturated rings. The van der Waals surface area contributed by atoms with E-state index in [-0.39, 0.29) is 23.7 Å². The highest BCUT2D eigenvalue weighted by Crippen LogP contribution is 2.24. The molecule has 0 saturated carbocycles. The van der Waals surface area contributed by atoms with E-state index < -0.39 is 16.8 Å². The molecular formula is C20H18N4O4. The van der Waals surface area contributed by atoms with Crippen LogP contribution in [-0.4, -0.2) is 25.3 Å². The predicted octanol–water partition coefficient (Wildman–Crippen LogP) is 1.33. The molecule has 2 heterocycles. The third-order valence-corrected chi connectivity index (χ3v) is 4.72. The van der Waals surface area contributed by atoms with Gasteiger partial charge in [-0.1, -0.05) is 36.4 Å². The first kappa shape index (κ1) is 17.7. The van der Waals surface area contributed by atoms with Gasteiger partial charge in [-0.2, -0.15) is 4.98 Å². The van der Waals surface area contributed by atoms with Gasteiger partial charge in [0.2, 0.25) is 0 Å². The summed E-state index contributed by atoms with van der Waals surface area (Å²) in [6.07, 6.45) is 0. The molecule has 0 amide bonds. The maximum Gasteiger partial charge on any atom is 0.332 e. The van der Waals surface area contributed by atoms with Crippen molar-refractivity contribution < 1.29 is 4.74 Å². The molecule has 0 N–H and O–H groups in total. The van der Waals surface area contributed by atoms with Crippen molar-refractivity contribution >= 4 is 21.8 Å². The van der Waals surface area contributed by atoms with Crippen LogP contribution >= 0.6 is 0 Å². The number of benzene rings is 2. The van der Waals surface area contributed by atoms with Crippen LogP contribution in [0, 0.1) is 0 Å². The van der Waals surface area contributed by atoms with Crippen LogP contribution in [-0.2, 0) is 14.1 Å². The Morgan fingerprint density at radius 2 is 1.64 bits per heavy atom.